The number of aromatic nitrogens is 1. The topological polar surface area (TPSA) is 63.3 Å². The van der Waals surface area contributed by atoms with E-state index in [0.717, 1.165) is 12.1 Å². The van der Waals surface area contributed by atoms with Gasteiger partial charge in [-0.3, -0.25) is 4.79 Å². The molecular weight excluding hydrogens is 275 g/mol. The Bertz CT molecular complexity index is 602. The van der Waals surface area contributed by atoms with Crippen LogP contribution in [0.5, 0.6) is 0 Å². The maximum absolute atomic E-state index is 12.4. The van der Waals surface area contributed by atoms with Gasteiger partial charge in [0.25, 0.3) is 0 Å². The average Bonchev–Trinajstić information content (AvgIpc) is 2.84. The van der Waals surface area contributed by atoms with Crippen LogP contribution >= 0.6 is 0 Å². The summed E-state index contributed by atoms with van der Waals surface area (Å²) in [7, 11) is 0. The number of carboxylic acid groups (broad SMARTS) is 1. The molecular formula is C13H10F3NO3. The Kier molecular flexibility index (Phi) is 3.78. The summed E-state index contributed by atoms with van der Waals surface area (Å²) in [6.45, 7) is 0. The van der Waals surface area contributed by atoms with Crippen LogP contribution in [0, 0.1) is 0 Å². The van der Waals surface area contributed by atoms with E-state index >= 15 is 0 Å². The van der Waals surface area contributed by atoms with E-state index in [4.69, 9.17) is 9.52 Å². The normalized spacial score (nSPS) is 11.6. The fourth-order valence-electron chi connectivity index (χ4n) is 1.59. The summed E-state index contributed by atoms with van der Waals surface area (Å²) in [6, 6.07) is 4.40. The molecule has 106 valence electrons. The fourth-order valence-corrected chi connectivity index (χ4v) is 1.59. The second-order valence-electron chi connectivity index (χ2n) is 4.10. The number of carbonyl (C=O) groups is 1. The molecule has 0 aliphatic heterocycles. The maximum atomic E-state index is 12.4. The van der Waals surface area contributed by atoms with E-state index in [2.05, 4.69) is 4.98 Å². The van der Waals surface area contributed by atoms with Crippen LogP contribution in [0.1, 0.15) is 17.7 Å². The lowest BCUT2D eigenvalue weighted by atomic mass is 10.1. The van der Waals surface area contributed by atoms with Crippen molar-refractivity contribution in [3.8, 4) is 11.5 Å². The molecule has 1 aromatic heterocycles. The zero-order chi connectivity index (χ0) is 14.8. The van der Waals surface area contributed by atoms with Gasteiger partial charge >= 0.3 is 12.1 Å². The van der Waals surface area contributed by atoms with E-state index in [0.29, 0.717) is 11.3 Å². The third kappa shape index (κ3) is 3.37. The number of alkyl halides is 3. The molecule has 0 spiro atoms. The van der Waals surface area contributed by atoms with Crippen molar-refractivity contribution in [2.45, 2.75) is 19.0 Å². The van der Waals surface area contributed by atoms with Crippen LogP contribution in [0.2, 0.25) is 0 Å². The third-order valence-electron chi connectivity index (χ3n) is 2.60. The van der Waals surface area contributed by atoms with Gasteiger partial charge < -0.3 is 9.52 Å². The van der Waals surface area contributed by atoms with Crippen molar-refractivity contribution in [2.75, 3.05) is 0 Å². The highest BCUT2D eigenvalue weighted by Gasteiger charge is 2.30. The maximum Gasteiger partial charge on any atom is 0.416 e. The van der Waals surface area contributed by atoms with E-state index in [1.54, 1.807) is 0 Å². The average molecular weight is 285 g/mol. The number of rotatable bonds is 4. The lowest BCUT2D eigenvalue weighted by Crippen LogP contribution is -2.03. The minimum atomic E-state index is -4.39. The van der Waals surface area contributed by atoms with Crippen molar-refractivity contribution < 1.29 is 27.5 Å². The van der Waals surface area contributed by atoms with Crippen LogP contribution in [0.3, 0.4) is 0 Å². The molecule has 1 N–H and O–H groups in total. The van der Waals surface area contributed by atoms with E-state index in [1.165, 1.54) is 18.3 Å². The lowest BCUT2D eigenvalue weighted by molar-refractivity contribution is -0.138. The van der Waals surface area contributed by atoms with Crippen molar-refractivity contribution in [3.05, 3.63) is 41.8 Å². The van der Waals surface area contributed by atoms with Gasteiger partial charge in [0, 0.05) is 12.0 Å². The second-order valence-corrected chi connectivity index (χ2v) is 4.10. The number of carboxylic acids is 1. The zero-order valence-corrected chi connectivity index (χ0v) is 10.1. The molecule has 2 aromatic rings. The number of aryl methyl sites for hydroxylation is 1. The Morgan fingerprint density at radius 3 is 2.45 bits per heavy atom. The molecule has 0 bridgehead atoms. The van der Waals surface area contributed by atoms with Gasteiger partial charge in [-0.1, -0.05) is 0 Å². The number of aliphatic carboxylic acids is 1. The number of hydrogen-bond acceptors (Lipinski definition) is 3. The van der Waals surface area contributed by atoms with Gasteiger partial charge in [-0.15, -0.1) is 0 Å². The van der Waals surface area contributed by atoms with E-state index in [9.17, 15) is 18.0 Å². The molecule has 0 unspecified atom stereocenters. The smallest absolute Gasteiger partial charge is 0.416 e. The monoisotopic (exact) mass is 285 g/mol. The van der Waals surface area contributed by atoms with Gasteiger partial charge in [-0.2, -0.15) is 13.2 Å². The van der Waals surface area contributed by atoms with Gasteiger partial charge in [0.2, 0.25) is 5.89 Å². The summed E-state index contributed by atoms with van der Waals surface area (Å²) in [5.41, 5.74) is -0.349. The summed E-state index contributed by atoms with van der Waals surface area (Å²) in [6.07, 6.45) is -2.93. The highest BCUT2D eigenvalue weighted by Crippen LogP contribution is 2.30. The summed E-state index contributed by atoms with van der Waals surface area (Å²) >= 11 is 0. The Hall–Kier alpha value is -2.31. The number of nitrogens with zero attached hydrogens (tertiary/aromatic N) is 1. The number of halogens is 3. The van der Waals surface area contributed by atoms with Crippen LogP contribution in [0.25, 0.3) is 11.5 Å². The molecule has 0 radical (unpaired) electrons. The van der Waals surface area contributed by atoms with E-state index < -0.39 is 17.7 Å². The van der Waals surface area contributed by atoms with Gasteiger partial charge in [-0.05, 0) is 24.3 Å². The van der Waals surface area contributed by atoms with Crippen molar-refractivity contribution in [1.82, 2.24) is 4.98 Å². The number of oxazole rings is 1. The predicted octanol–water partition coefficient (Wildman–Crippen LogP) is 3.38. The Labute approximate surface area is 111 Å². The number of hydrogen-bond donors (Lipinski definition) is 1. The van der Waals surface area contributed by atoms with Crippen molar-refractivity contribution in [2.24, 2.45) is 0 Å². The molecule has 0 aliphatic rings. The molecule has 0 aliphatic carbocycles. The van der Waals surface area contributed by atoms with E-state index in [-0.39, 0.29) is 18.7 Å². The molecule has 1 aromatic carbocycles. The highest BCUT2D eigenvalue weighted by atomic mass is 19.4. The SMILES string of the molecule is O=C(O)CCc1cnc(-c2ccc(C(F)(F)F)cc2)o1. The molecule has 4 nitrogen and oxygen atoms in total. The summed E-state index contributed by atoms with van der Waals surface area (Å²) < 4.78 is 42.5. The molecule has 0 atom stereocenters. The Balaban J connectivity index is 2.14. The standard InChI is InChI=1S/C13H10F3NO3/c14-13(15,16)9-3-1-8(2-4-9)12-17-7-10(20-12)5-6-11(18)19/h1-4,7H,5-6H2,(H,18,19). The first-order chi connectivity index (χ1) is 9.36. The quantitative estimate of drug-likeness (QED) is 0.935. The summed E-state index contributed by atoms with van der Waals surface area (Å²) in [4.78, 5) is 14.3. The minimum absolute atomic E-state index is 0.0956. The molecule has 20 heavy (non-hydrogen) atoms. The van der Waals surface area contributed by atoms with Crippen LogP contribution in [-0.4, -0.2) is 16.1 Å². The Morgan fingerprint density at radius 2 is 1.90 bits per heavy atom. The third-order valence-corrected chi connectivity index (χ3v) is 2.60. The molecule has 0 saturated heterocycles. The minimum Gasteiger partial charge on any atom is -0.481 e. The fraction of sp³-hybridized carbons (Fsp3) is 0.231. The van der Waals surface area contributed by atoms with Crippen molar-refractivity contribution >= 4 is 5.97 Å². The van der Waals surface area contributed by atoms with Gasteiger partial charge in [0.1, 0.15) is 5.76 Å². The van der Waals surface area contributed by atoms with Crippen LogP contribution in [0.15, 0.2) is 34.9 Å². The van der Waals surface area contributed by atoms with Crippen LogP contribution in [0.4, 0.5) is 13.2 Å². The number of benzene rings is 1. The molecule has 7 heteroatoms. The summed E-state index contributed by atoms with van der Waals surface area (Å²) in [5.74, 6) is -0.418. The van der Waals surface area contributed by atoms with Crippen LogP contribution < -0.4 is 0 Å². The predicted molar refractivity (Wildman–Crippen MR) is 62.9 cm³/mol. The first kappa shape index (κ1) is 14.1. The van der Waals surface area contributed by atoms with E-state index in [1.807, 2.05) is 0 Å². The molecule has 2 rings (SSSR count). The first-order valence-electron chi connectivity index (χ1n) is 5.70. The first-order valence-corrected chi connectivity index (χ1v) is 5.70. The zero-order valence-electron chi connectivity index (χ0n) is 10.1. The van der Waals surface area contributed by atoms with Gasteiger partial charge in [0.15, 0.2) is 0 Å². The van der Waals surface area contributed by atoms with Crippen molar-refractivity contribution in [1.29, 1.82) is 0 Å². The molecule has 0 fully saturated rings. The molecule has 0 saturated carbocycles. The van der Waals surface area contributed by atoms with Gasteiger partial charge in [0.05, 0.1) is 18.2 Å². The molecule has 0 amide bonds. The largest absolute Gasteiger partial charge is 0.481 e. The van der Waals surface area contributed by atoms with Crippen molar-refractivity contribution in [3.63, 3.8) is 0 Å². The summed E-state index contributed by atoms with van der Waals surface area (Å²) in [5, 5.41) is 8.54. The van der Waals surface area contributed by atoms with Gasteiger partial charge in [-0.25, -0.2) is 4.98 Å². The highest BCUT2D eigenvalue weighted by molar-refractivity contribution is 5.67. The molecule has 1 heterocycles. The second kappa shape index (κ2) is 5.36. The lowest BCUT2D eigenvalue weighted by Gasteiger charge is -2.06. The van der Waals surface area contributed by atoms with Crippen LogP contribution in [-0.2, 0) is 17.4 Å². The Morgan fingerprint density at radius 1 is 1.25 bits per heavy atom.